The molecule has 72 valence electrons. The largest absolute Gasteiger partial charge is 0.406 e. The number of nitrogens with zero attached hydrogens (tertiary/aromatic N) is 1. The number of halogens is 1. The highest BCUT2D eigenvalue weighted by Gasteiger charge is 2.25. The fourth-order valence-electron chi connectivity index (χ4n) is 1.16. The van der Waals surface area contributed by atoms with Gasteiger partial charge in [-0.25, -0.2) is 9.79 Å². The van der Waals surface area contributed by atoms with E-state index in [9.17, 15) is 4.79 Å². The fraction of sp³-hybridized carbons (Fsp3) is 0.200. The number of rotatable bonds is 1. The quantitative estimate of drug-likeness (QED) is 0.720. The molecule has 3 nitrogen and oxygen atoms in total. The van der Waals surface area contributed by atoms with Crippen LogP contribution in [-0.4, -0.2) is 17.9 Å². The molecule has 0 amide bonds. The predicted molar refractivity (Wildman–Crippen MR) is 56.2 cm³/mol. The van der Waals surface area contributed by atoms with Gasteiger partial charge in [0.1, 0.15) is 6.04 Å². The molecule has 4 heteroatoms. The lowest BCUT2D eigenvalue weighted by Crippen LogP contribution is -2.10. The van der Waals surface area contributed by atoms with Crippen LogP contribution in [0.15, 0.2) is 33.7 Å². The van der Waals surface area contributed by atoms with Gasteiger partial charge in [0.05, 0.1) is 0 Å². The maximum Gasteiger partial charge on any atom is 0.337 e. The summed E-state index contributed by atoms with van der Waals surface area (Å²) in [5, 5.41) is 0. The summed E-state index contributed by atoms with van der Waals surface area (Å²) in [6, 6.07) is 7.10. The van der Waals surface area contributed by atoms with Crippen LogP contribution >= 0.6 is 15.9 Å². The number of benzene rings is 1. The summed E-state index contributed by atoms with van der Waals surface area (Å²) >= 11 is 3.33. The first-order chi connectivity index (χ1) is 6.66. The zero-order chi connectivity index (χ0) is 10.1. The number of carbonyl (C=O) groups excluding carboxylic acids is 1. The van der Waals surface area contributed by atoms with E-state index in [0.29, 0.717) is 5.90 Å². The van der Waals surface area contributed by atoms with Gasteiger partial charge in [-0.1, -0.05) is 15.9 Å². The van der Waals surface area contributed by atoms with E-state index in [1.807, 2.05) is 24.3 Å². The van der Waals surface area contributed by atoms with E-state index >= 15 is 0 Å². The molecule has 1 aliphatic heterocycles. The highest BCUT2D eigenvalue weighted by Crippen LogP contribution is 2.15. The lowest BCUT2D eigenvalue weighted by atomic mass is 10.2. The predicted octanol–water partition coefficient (Wildman–Crippen LogP) is 2.14. The molecule has 0 aliphatic carbocycles. The van der Waals surface area contributed by atoms with Crippen molar-refractivity contribution in [2.75, 3.05) is 0 Å². The minimum absolute atomic E-state index is 0.289. The molecule has 14 heavy (non-hydrogen) atoms. The number of carbonyl (C=O) groups is 1. The number of cyclic esters (lactones) is 1. The molecule has 1 unspecified atom stereocenters. The number of aliphatic imine (C=N–C) groups is 1. The van der Waals surface area contributed by atoms with E-state index < -0.39 is 0 Å². The number of ether oxygens (including phenoxy) is 1. The van der Waals surface area contributed by atoms with Gasteiger partial charge in [0.2, 0.25) is 5.90 Å². The van der Waals surface area contributed by atoms with Gasteiger partial charge >= 0.3 is 5.97 Å². The summed E-state index contributed by atoms with van der Waals surface area (Å²) in [5.74, 6) is 0.123. The Labute approximate surface area is 89.9 Å². The molecule has 0 saturated carbocycles. The van der Waals surface area contributed by atoms with E-state index in [2.05, 4.69) is 20.9 Å². The molecular weight excluding hydrogens is 246 g/mol. The number of hydrogen-bond donors (Lipinski definition) is 0. The van der Waals surface area contributed by atoms with Gasteiger partial charge in [-0.3, -0.25) is 0 Å². The van der Waals surface area contributed by atoms with E-state index in [0.717, 1.165) is 10.0 Å². The standard InChI is InChI=1S/C10H8BrNO2/c1-6-10(13)14-9(12-6)7-2-4-8(11)5-3-7/h2-6H,1H3. The molecule has 0 saturated heterocycles. The summed E-state index contributed by atoms with van der Waals surface area (Å²) in [5.41, 5.74) is 0.825. The van der Waals surface area contributed by atoms with Gasteiger partial charge in [0.15, 0.2) is 0 Å². The SMILES string of the molecule is CC1N=C(c2ccc(Br)cc2)OC1=O. The third-order valence-corrected chi connectivity index (χ3v) is 2.47. The Bertz CT molecular complexity index is 397. The van der Waals surface area contributed by atoms with Crippen molar-refractivity contribution < 1.29 is 9.53 Å². The van der Waals surface area contributed by atoms with Crippen LogP contribution in [0.5, 0.6) is 0 Å². The van der Waals surface area contributed by atoms with Gasteiger partial charge in [0, 0.05) is 10.0 Å². The second kappa shape index (κ2) is 3.53. The van der Waals surface area contributed by atoms with Crippen LogP contribution in [0.25, 0.3) is 0 Å². The lowest BCUT2D eigenvalue weighted by Gasteiger charge is -1.99. The van der Waals surface area contributed by atoms with E-state index in [1.165, 1.54) is 0 Å². The zero-order valence-electron chi connectivity index (χ0n) is 7.53. The third-order valence-electron chi connectivity index (χ3n) is 1.94. The van der Waals surface area contributed by atoms with Crippen molar-refractivity contribution >= 4 is 27.8 Å². The van der Waals surface area contributed by atoms with Gasteiger partial charge in [-0.15, -0.1) is 0 Å². The second-order valence-electron chi connectivity index (χ2n) is 3.04. The molecule has 1 heterocycles. The van der Waals surface area contributed by atoms with Crippen molar-refractivity contribution in [1.82, 2.24) is 0 Å². The Morgan fingerprint density at radius 1 is 1.36 bits per heavy atom. The van der Waals surface area contributed by atoms with Crippen molar-refractivity contribution in [3.8, 4) is 0 Å². The molecule has 2 rings (SSSR count). The zero-order valence-corrected chi connectivity index (χ0v) is 9.11. The molecular formula is C10H8BrNO2. The van der Waals surface area contributed by atoms with E-state index in [4.69, 9.17) is 4.74 Å². The van der Waals surface area contributed by atoms with Crippen molar-refractivity contribution in [2.45, 2.75) is 13.0 Å². The first-order valence-corrected chi connectivity index (χ1v) is 5.01. The average molecular weight is 254 g/mol. The minimum atomic E-state index is -0.381. The van der Waals surface area contributed by atoms with Crippen LogP contribution in [0, 0.1) is 0 Å². The Morgan fingerprint density at radius 3 is 2.50 bits per heavy atom. The first kappa shape index (κ1) is 9.40. The second-order valence-corrected chi connectivity index (χ2v) is 3.95. The molecule has 1 aliphatic rings. The Hall–Kier alpha value is -1.16. The first-order valence-electron chi connectivity index (χ1n) is 4.22. The van der Waals surface area contributed by atoms with Gasteiger partial charge in [-0.2, -0.15) is 0 Å². The number of hydrogen-bond acceptors (Lipinski definition) is 3. The molecule has 0 radical (unpaired) electrons. The van der Waals surface area contributed by atoms with Crippen molar-refractivity contribution in [3.05, 3.63) is 34.3 Å². The topological polar surface area (TPSA) is 38.7 Å². The molecule has 0 N–H and O–H groups in total. The highest BCUT2D eigenvalue weighted by molar-refractivity contribution is 9.10. The lowest BCUT2D eigenvalue weighted by molar-refractivity contribution is -0.134. The Morgan fingerprint density at radius 2 is 2.00 bits per heavy atom. The van der Waals surface area contributed by atoms with E-state index in [-0.39, 0.29) is 12.0 Å². The van der Waals surface area contributed by atoms with Gasteiger partial charge in [0.25, 0.3) is 0 Å². The molecule has 0 fully saturated rings. The van der Waals surface area contributed by atoms with Crippen LogP contribution in [0.4, 0.5) is 0 Å². The molecule has 1 aromatic carbocycles. The molecule has 0 spiro atoms. The van der Waals surface area contributed by atoms with E-state index in [1.54, 1.807) is 6.92 Å². The Balaban J connectivity index is 2.29. The smallest absolute Gasteiger partial charge is 0.337 e. The van der Waals surface area contributed by atoms with Crippen LogP contribution < -0.4 is 0 Å². The summed E-state index contributed by atoms with van der Waals surface area (Å²) < 4.78 is 5.98. The summed E-state index contributed by atoms with van der Waals surface area (Å²) in [4.78, 5) is 15.2. The molecule has 1 aromatic rings. The van der Waals surface area contributed by atoms with Crippen LogP contribution in [0.1, 0.15) is 12.5 Å². The molecule has 0 bridgehead atoms. The van der Waals surface area contributed by atoms with Crippen LogP contribution in [0.2, 0.25) is 0 Å². The molecule has 0 aromatic heterocycles. The van der Waals surface area contributed by atoms with Crippen molar-refractivity contribution in [2.24, 2.45) is 4.99 Å². The maximum absolute atomic E-state index is 11.1. The van der Waals surface area contributed by atoms with Crippen molar-refractivity contribution in [3.63, 3.8) is 0 Å². The normalized spacial score (nSPS) is 20.6. The fourth-order valence-corrected chi connectivity index (χ4v) is 1.43. The highest BCUT2D eigenvalue weighted by atomic mass is 79.9. The summed E-state index contributed by atoms with van der Waals surface area (Å²) in [7, 11) is 0. The average Bonchev–Trinajstić information content (AvgIpc) is 2.48. The van der Waals surface area contributed by atoms with Crippen LogP contribution in [0.3, 0.4) is 0 Å². The maximum atomic E-state index is 11.1. The summed E-state index contributed by atoms with van der Waals surface area (Å²) in [6.07, 6.45) is 0. The summed E-state index contributed by atoms with van der Waals surface area (Å²) in [6.45, 7) is 1.72. The van der Waals surface area contributed by atoms with Crippen molar-refractivity contribution in [1.29, 1.82) is 0 Å². The number of esters is 1. The monoisotopic (exact) mass is 253 g/mol. The van der Waals surface area contributed by atoms with Gasteiger partial charge in [-0.05, 0) is 31.2 Å². The minimum Gasteiger partial charge on any atom is -0.406 e. The van der Waals surface area contributed by atoms with Gasteiger partial charge < -0.3 is 4.74 Å². The molecule has 1 atom stereocenters. The van der Waals surface area contributed by atoms with Crippen LogP contribution in [-0.2, 0) is 9.53 Å². The third kappa shape index (κ3) is 1.70. The Kier molecular flexibility index (Phi) is 2.37.